The SMILES string of the molecule is c1ccc(-c2ccc(-n3c4ccccc4c4cc(-c5cccc(-c6ccc(N(c7ccc8c(c7)C(c7ccccc7)(c7ccccc7)c7ccccc7-8)c7ccc(-c8ccccc8)c8ccccc78)cc6)c5)ccc43)cc2)cc1. The van der Waals surface area contributed by atoms with Crippen molar-refractivity contribution in [1.29, 1.82) is 0 Å². The highest BCUT2D eigenvalue weighted by atomic mass is 15.1. The summed E-state index contributed by atoms with van der Waals surface area (Å²) in [5.41, 5.74) is 23.4. The van der Waals surface area contributed by atoms with Crippen molar-refractivity contribution in [3.05, 3.63) is 338 Å². The van der Waals surface area contributed by atoms with Crippen LogP contribution in [0.3, 0.4) is 0 Å². The summed E-state index contributed by atoms with van der Waals surface area (Å²) in [5, 5.41) is 4.87. The van der Waals surface area contributed by atoms with Gasteiger partial charge in [-0.2, -0.15) is 0 Å². The van der Waals surface area contributed by atoms with Gasteiger partial charge in [0.2, 0.25) is 0 Å². The Labute approximate surface area is 461 Å². The van der Waals surface area contributed by atoms with Crippen LogP contribution in [0.1, 0.15) is 22.3 Å². The quantitative estimate of drug-likeness (QED) is 0.133. The minimum atomic E-state index is -0.541. The average molecular weight is 1010 g/mol. The third-order valence-corrected chi connectivity index (χ3v) is 16.5. The van der Waals surface area contributed by atoms with Crippen molar-refractivity contribution in [3.8, 4) is 61.3 Å². The zero-order chi connectivity index (χ0) is 52.3. The summed E-state index contributed by atoms with van der Waals surface area (Å²) in [6.07, 6.45) is 0. The zero-order valence-electron chi connectivity index (χ0n) is 43.4. The van der Waals surface area contributed by atoms with Crippen molar-refractivity contribution in [2.24, 2.45) is 0 Å². The van der Waals surface area contributed by atoms with Gasteiger partial charge in [0.25, 0.3) is 0 Å². The van der Waals surface area contributed by atoms with Crippen LogP contribution in [0.5, 0.6) is 0 Å². The topological polar surface area (TPSA) is 8.17 Å². The van der Waals surface area contributed by atoms with Gasteiger partial charge in [-0.05, 0) is 150 Å². The van der Waals surface area contributed by atoms with Gasteiger partial charge in [0.05, 0.1) is 22.1 Å². The monoisotopic (exact) mass is 1000 g/mol. The van der Waals surface area contributed by atoms with Gasteiger partial charge in [-0.3, -0.25) is 0 Å². The molecule has 2 nitrogen and oxygen atoms in total. The molecular formula is C77H52N2. The van der Waals surface area contributed by atoms with Crippen LogP contribution in [-0.2, 0) is 5.41 Å². The maximum atomic E-state index is 2.48. The van der Waals surface area contributed by atoms with Gasteiger partial charge in [0.15, 0.2) is 0 Å². The van der Waals surface area contributed by atoms with E-state index in [1.807, 2.05) is 0 Å². The summed E-state index contributed by atoms with van der Waals surface area (Å²) in [5.74, 6) is 0. The maximum absolute atomic E-state index is 2.48. The third kappa shape index (κ3) is 7.64. The molecule has 0 saturated carbocycles. The fraction of sp³-hybridized carbons (Fsp3) is 0.0130. The molecule has 0 amide bonds. The van der Waals surface area contributed by atoms with E-state index < -0.39 is 5.41 Å². The van der Waals surface area contributed by atoms with Gasteiger partial charge in [0.1, 0.15) is 0 Å². The average Bonchev–Trinajstić information content (AvgIpc) is 4.12. The van der Waals surface area contributed by atoms with Crippen LogP contribution >= 0.6 is 0 Å². The first kappa shape index (κ1) is 46.1. The first-order chi connectivity index (χ1) is 39.2. The van der Waals surface area contributed by atoms with E-state index in [-0.39, 0.29) is 0 Å². The first-order valence-corrected chi connectivity index (χ1v) is 27.3. The van der Waals surface area contributed by atoms with E-state index in [4.69, 9.17) is 0 Å². The lowest BCUT2D eigenvalue weighted by molar-refractivity contribution is 0.768. The number of hydrogen-bond acceptors (Lipinski definition) is 1. The molecule has 13 aromatic carbocycles. The Morgan fingerprint density at radius 2 is 0.734 bits per heavy atom. The van der Waals surface area contributed by atoms with E-state index in [0.29, 0.717) is 0 Å². The summed E-state index contributed by atoms with van der Waals surface area (Å²) in [6.45, 7) is 0. The van der Waals surface area contributed by atoms with E-state index in [9.17, 15) is 0 Å². The summed E-state index contributed by atoms with van der Waals surface area (Å²) < 4.78 is 2.40. The van der Waals surface area contributed by atoms with Crippen molar-refractivity contribution in [1.82, 2.24) is 4.57 Å². The summed E-state index contributed by atoms with van der Waals surface area (Å²) in [6, 6.07) is 116. The highest BCUT2D eigenvalue weighted by Crippen LogP contribution is 2.57. The molecule has 14 aromatic rings. The van der Waals surface area contributed by atoms with Gasteiger partial charge in [-0.15, -0.1) is 0 Å². The van der Waals surface area contributed by atoms with Crippen LogP contribution in [0.4, 0.5) is 17.1 Å². The van der Waals surface area contributed by atoms with E-state index in [1.54, 1.807) is 0 Å². The largest absolute Gasteiger partial charge is 0.310 e. The second kappa shape index (κ2) is 19.1. The molecule has 0 N–H and O–H groups in total. The van der Waals surface area contributed by atoms with Crippen LogP contribution in [0.15, 0.2) is 315 Å². The first-order valence-electron chi connectivity index (χ1n) is 27.3. The fourth-order valence-electron chi connectivity index (χ4n) is 12.9. The molecule has 2 heteroatoms. The molecule has 0 aliphatic heterocycles. The Morgan fingerprint density at radius 1 is 0.253 bits per heavy atom. The molecule has 1 aromatic heterocycles. The van der Waals surface area contributed by atoms with Gasteiger partial charge in [0, 0.05) is 33.2 Å². The second-order valence-corrected chi connectivity index (χ2v) is 20.8. The Morgan fingerprint density at radius 3 is 1.46 bits per heavy atom. The number of aromatic nitrogens is 1. The van der Waals surface area contributed by atoms with Crippen LogP contribution in [0.25, 0.3) is 93.9 Å². The van der Waals surface area contributed by atoms with E-state index in [0.717, 1.165) is 28.3 Å². The molecule has 1 aliphatic rings. The lowest BCUT2D eigenvalue weighted by Gasteiger charge is -2.35. The predicted molar refractivity (Wildman–Crippen MR) is 332 cm³/mol. The number of rotatable bonds is 10. The Kier molecular flexibility index (Phi) is 11.1. The minimum Gasteiger partial charge on any atom is -0.310 e. The number of fused-ring (bicyclic) bond motifs is 7. The predicted octanol–water partition coefficient (Wildman–Crippen LogP) is 20.4. The highest BCUT2D eigenvalue weighted by Gasteiger charge is 2.46. The fourth-order valence-corrected chi connectivity index (χ4v) is 12.9. The molecule has 15 rings (SSSR count). The van der Waals surface area contributed by atoms with Crippen LogP contribution in [-0.4, -0.2) is 4.57 Å². The second-order valence-electron chi connectivity index (χ2n) is 20.8. The zero-order valence-corrected chi connectivity index (χ0v) is 43.4. The summed E-state index contributed by atoms with van der Waals surface area (Å²) in [7, 11) is 0. The van der Waals surface area contributed by atoms with Crippen LogP contribution in [0, 0.1) is 0 Å². The minimum absolute atomic E-state index is 0.541. The van der Waals surface area contributed by atoms with Crippen LogP contribution < -0.4 is 4.90 Å². The van der Waals surface area contributed by atoms with Crippen LogP contribution in [0.2, 0.25) is 0 Å². The summed E-state index contributed by atoms with van der Waals surface area (Å²) in [4.78, 5) is 2.48. The summed E-state index contributed by atoms with van der Waals surface area (Å²) >= 11 is 0. The molecule has 0 radical (unpaired) electrons. The standard InChI is InChI=1S/C77H52N2/c1-5-20-53(21-6-1)54-36-43-63(44-37-54)79-74-35-18-16-33-70(74)71-51-59(40-48-76(71)79)58-25-19-24-57(50-58)55-38-41-62(42-39-55)78(75-49-47-65(56-22-7-2-8-23-56)66-30-13-14-32-69(66)75)64-45-46-68-67-31-15-17-34-72(67)77(73(68)52-64,60-26-9-3-10-27-60)61-28-11-4-12-29-61/h1-52H. The van der Waals surface area contributed by atoms with Gasteiger partial charge < -0.3 is 9.47 Å². The number of benzene rings is 13. The molecule has 0 unspecified atom stereocenters. The lowest BCUT2D eigenvalue weighted by Crippen LogP contribution is -2.28. The molecule has 0 spiro atoms. The lowest BCUT2D eigenvalue weighted by atomic mass is 9.67. The molecule has 0 fully saturated rings. The normalized spacial score (nSPS) is 12.4. The molecule has 0 saturated heterocycles. The molecule has 0 bridgehead atoms. The maximum Gasteiger partial charge on any atom is 0.0714 e. The number of para-hydroxylation sites is 1. The van der Waals surface area contributed by atoms with Crippen molar-refractivity contribution >= 4 is 49.6 Å². The highest BCUT2D eigenvalue weighted by molar-refractivity contribution is 6.11. The number of anilines is 3. The van der Waals surface area contributed by atoms with Crippen molar-refractivity contribution in [3.63, 3.8) is 0 Å². The smallest absolute Gasteiger partial charge is 0.0714 e. The molecule has 1 heterocycles. The molecule has 1 aliphatic carbocycles. The van der Waals surface area contributed by atoms with Crippen molar-refractivity contribution in [2.75, 3.05) is 4.90 Å². The molecule has 370 valence electrons. The number of nitrogens with zero attached hydrogens (tertiary/aromatic N) is 2. The van der Waals surface area contributed by atoms with Crippen molar-refractivity contribution in [2.45, 2.75) is 5.41 Å². The molecule has 79 heavy (non-hydrogen) atoms. The van der Waals surface area contributed by atoms with E-state index in [1.165, 1.54) is 105 Å². The van der Waals surface area contributed by atoms with Gasteiger partial charge in [-0.1, -0.05) is 249 Å². The van der Waals surface area contributed by atoms with Gasteiger partial charge in [-0.25, -0.2) is 0 Å². The number of hydrogen-bond donors (Lipinski definition) is 0. The van der Waals surface area contributed by atoms with Crippen molar-refractivity contribution < 1.29 is 0 Å². The van der Waals surface area contributed by atoms with Gasteiger partial charge >= 0.3 is 0 Å². The Hall–Kier alpha value is -10.3. The molecule has 0 atom stereocenters. The third-order valence-electron chi connectivity index (χ3n) is 16.5. The van der Waals surface area contributed by atoms with E-state index >= 15 is 0 Å². The van der Waals surface area contributed by atoms with E-state index in [2.05, 4.69) is 325 Å². The Bertz CT molecular complexity index is 4520. The molecular weight excluding hydrogens is 953 g/mol. The Balaban J connectivity index is 0.848.